The largest absolute Gasteiger partial charge is 0.311 e. The van der Waals surface area contributed by atoms with Crippen molar-refractivity contribution in [1.29, 1.82) is 5.26 Å². The van der Waals surface area contributed by atoms with E-state index in [1.807, 2.05) is 25.1 Å². The van der Waals surface area contributed by atoms with E-state index in [0.29, 0.717) is 29.5 Å². The summed E-state index contributed by atoms with van der Waals surface area (Å²) in [6.07, 6.45) is 2.96. The molecule has 0 saturated carbocycles. The van der Waals surface area contributed by atoms with Gasteiger partial charge in [0.15, 0.2) is 5.78 Å². The Kier molecular flexibility index (Phi) is 5.77. The number of ketones is 1. The van der Waals surface area contributed by atoms with E-state index in [1.54, 1.807) is 18.3 Å². The summed E-state index contributed by atoms with van der Waals surface area (Å²) in [5.41, 5.74) is 4.70. The average molecular weight is 465 g/mol. The van der Waals surface area contributed by atoms with Gasteiger partial charge in [0.05, 0.1) is 34.8 Å². The third-order valence-corrected chi connectivity index (χ3v) is 6.29. The fourth-order valence-corrected chi connectivity index (χ4v) is 5.13. The molecule has 1 aromatic carbocycles. The van der Waals surface area contributed by atoms with Crippen molar-refractivity contribution in [2.75, 3.05) is 19.6 Å². The van der Waals surface area contributed by atoms with Crippen LogP contribution >= 0.6 is 15.9 Å². The van der Waals surface area contributed by atoms with Gasteiger partial charge in [0, 0.05) is 35.1 Å². The van der Waals surface area contributed by atoms with Crippen LogP contribution in [0.25, 0.3) is 16.7 Å². The van der Waals surface area contributed by atoms with Gasteiger partial charge in [-0.25, -0.2) is 0 Å². The van der Waals surface area contributed by atoms with Gasteiger partial charge < -0.3 is 4.57 Å². The summed E-state index contributed by atoms with van der Waals surface area (Å²) in [4.78, 5) is 20.3. The average Bonchev–Trinajstić information content (AvgIpc) is 2.98. The third-order valence-electron chi connectivity index (χ3n) is 5.85. The van der Waals surface area contributed by atoms with Crippen LogP contribution in [-0.2, 0) is 0 Å². The van der Waals surface area contributed by atoms with Gasteiger partial charge in [0.1, 0.15) is 0 Å². The number of piperidine rings is 1. The molecule has 4 rings (SSSR count). The molecule has 1 fully saturated rings. The topological polar surface area (TPSA) is 61.9 Å². The highest BCUT2D eigenvalue weighted by molar-refractivity contribution is 9.10. The number of Topliss-reactive ketones (excluding diaryl/α,β-unsaturated/α-hetero) is 1. The summed E-state index contributed by atoms with van der Waals surface area (Å²) < 4.78 is 2.92. The Morgan fingerprint density at radius 1 is 1.23 bits per heavy atom. The Bertz CT molecular complexity index is 1130. The van der Waals surface area contributed by atoms with E-state index < -0.39 is 0 Å². The molecule has 0 aliphatic carbocycles. The normalized spacial score (nSPS) is 19.7. The SMILES string of the molecule is Cc1c(C(=O)CN2CC(C)C[C@@H](C)C2)c2ncc(Br)cc2n1-c1ccc(C#N)cc1. The summed E-state index contributed by atoms with van der Waals surface area (Å²) >= 11 is 3.51. The van der Waals surface area contributed by atoms with Crippen molar-refractivity contribution < 1.29 is 4.79 Å². The summed E-state index contributed by atoms with van der Waals surface area (Å²) in [5, 5.41) is 9.11. The molecular formula is C24H25BrN4O. The number of hydrogen-bond acceptors (Lipinski definition) is 4. The number of rotatable bonds is 4. The number of pyridine rings is 1. The lowest BCUT2D eigenvalue weighted by Crippen LogP contribution is -2.41. The van der Waals surface area contributed by atoms with Crippen LogP contribution in [0.3, 0.4) is 0 Å². The molecule has 1 saturated heterocycles. The zero-order valence-electron chi connectivity index (χ0n) is 17.5. The monoisotopic (exact) mass is 464 g/mol. The maximum absolute atomic E-state index is 13.4. The maximum atomic E-state index is 13.4. The smallest absolute Gasteiger partial charge is 0.180 e. The van der Waals surface area contributed by atoms with Crippen LogP contribution in [0.5, 0.6) is 0 Å². The van der Waals surface area contributed by atoms with Gasteiger partial charge in [0.25, 0.3) is 0 Å². The Morgan fingerprint density at radius 3 is 2.53 bits per heavy atom. The molecule has 3 heterocycles. The molecule has 2 atom stereocenters. The molecule has 154 valence electrons. The van der Waals surface area contributed by atoms with E-state index in [9.17, 15) is 4.79 Å². The number of hydrogen-bond donors (Lipinski definition) is 0. The zero-order chi connectivity index (χ0) is 21.4. The number of carbonyl (C=O) groups excluding carboxylic acids is 1. The van der Waals surface area contributed by atoms with Crippen LogP contribution in [0.1, 0.15) is 41.9 Å². The van der Waals surface area contributed by atoms with Crippen LogP contribution in [0.15, 0.2) is 41.0 Å². The van der Waals surface area contributed by atoms with E-state index in [-0.39, 0.29) is 5.78 Å². The van der Waals surface area contributed by atoms with E-state index in [2.05, 4.69) is 50.3 Å². The van der Waals surface area contributed by atoms with Gasteiger partial charge in [-0.15, -0.1) is 0 Å². The van der Waals surface area contributed by atoms with Crippen LogP contribution in [0, 0.1) is 30.1 Å². The Hall–Kier alpha value is -2.49. The van der Waals surface area contributed by atoms with Crippen LogP contribution in [-0.4, -0.2) is 39.9 Å². The van der Waals surface area contributed by atoms with Gasteiger partial charge in [-0.1, -0.05) is 13.8 Å². The molecule has 1 unspecified atom stereocenters. The first-order valence-corrected chi connectivity index (χ1v) is 11.1. The quantitative estimate of drug-likeness (QED) is 0.502. The fourth-order valence-electron chi connectivity index (χ4n) is 4.81. The summed E-state index contributed by atoms with van der Waals surface area (Å²) in [7, 11) is 0. The predicted molar refractivity (Wildman–Crippen MR) is 122 cm³/mol. The molecule has 6 heteroatoms. The number of likely N-dealkylation sites (tertiary alicyclic amines) is 1. The molecule has 0 amide bonds. The minimum absolute atomic E-state index is 0.112. The van der Waals surface area contributed by atoms with Gasteiger partial charge in [-0.3, -0.25) is 14.7 Å². The van der Waals surface area contributed by atoms with Gasteiger partial charge in [-0.2, -0.15) is 5.26 Å². The van der Waals surface area contributed by atoms with E-state index in [1.165, 1.54) is 6.42 Å². The Labute approximate surface area is 185 Å². The molecule has 1 aliphatic rings. The van der Waals surface area contributed by atoms with Gasteiger partial charge in [-0.05, 0) is 71.4 Å². The summed E-state index contributed by atoms with van der Waals surface area (Å²) in [6.45, 7) is 8.83. The molecule has 0 N–H and O–H groups in total. The lowest BCUT2D eigenvalue weighted by Gasteiger charge is -2.34. The number of benzene rings is 1. The molecule has 5 nitrogen and oxygen atoms in total. The number of carbonyl (C=O) groups is 1. The molecule has 1 aliphatic heterocycles. The van der Waals surface area contributed by atoms with Crippen molar-refractivity contribution in [3.05, 3.63) is 57.8 Å². The van der Waals surface area contributed by atoms with Crippen LogP contribution in [0.2, 0.25) is 0 Å². The highest BCUT2D eigenvalue weighted by Gasteiger charge is 2.27. The van der Waals surface area contributed by atoms with Crippen molar-refractivity contribution >= 4 is 32.7 Å². The third kappa shape index (κ3) is 3.92. The number of nitriles is 1. The van der Waals surface area contributed by atoms with E-state index in [0.717, 1.165) is 40.0 Å². The van der Waals surface area contributed by atoms with Gasteiger partial charge >= 0.3 is 0 Å². The lowest BCUT2D eigenvalue weighted by molar-refractivity contribution is 0.0850. The van der Waals surface area contributed by atoms with E-state index in [4.69, 9.17) is 5.26 Å². The minimum Gasteiger partial charge on any atom is -0.311 e. The Morgan fingerprint density at radius 2 is 1.90 bits per heavy atom. The molecule has 30 heavy (non-hydrogen) atoms. The van der Waals surface area contributed by atoms with Crippen molar-refractivity contribution in [2.45, 2.75) is 27.2 Å². The standard InChI is InChI=1S/C24H25BrN4O/c1-15-8-16(2)13-28(12-15)14-22(30)23-17(3)29(20-6-4-18(10-26)5-7-20)21-9-19(25)11-27-24(21)23/h4-7,9,11,15-16H,8,12-14H2,1-3H3/t15-,16?/m1/s1. The summed E-state index contributed by atoms with van der Waals surface area (Å²) in [6, 6.07) is 11.6. The second-order valence-corrected chi connectivity index (χ2v) is 9.45. The predicted octanol–water partition coefficient (Wildman–Crippen LogP) is 5.13. The second kappa shape index (κ2) is 8.33. The van der Waals surface area contributed by atoms with E-state index >= 15 is 0 Å². The molecule has 0 bridgehead atoms. The molecule has 3 aromatic rings. The maximum Gasteiger partial charge on any atom is 0.180 e. The van der Waals surface area contributed by atoms with Crippen molar-refractivity contribution in [3.63, 3.8) is 0 Å². The van der Waals surface area contributed by atoms with Crippen LogP contribution in [0.4, 0.5) is 0 Å². The lowest BCUT2D eigenvalue weighted by atomic mass is 9.91. The van der Waals surface area contributed by atoms with Crippen molar-refractivity contribution in [3.8, 4) is 11.8 Å². The summed E-state index contributed by atoms with van der Waals surface area (Å²) in [5.74, 6) is 1.33. The number of nitrogens with zero attached hydrogens (tertiary/aromatic N) is 4. The fraction of sp³-hybridized carbons (Fsp3) is 0.375. The first kappa shape index (κ1) is 20.8. The zero-order valence-corrected chi connectivity index (χ0v) is 19.1. The van der Waals surface area contributed by atoms with Crippen molar-refractivity contribution in [1.82, 2.24) is 14.5 Å². The van der Waals surface area contributed by atoms with Crippen molar-refractivity contribution in [2.24, 2.45) is 11.8 Å². The van der Waals surface area contributed by atoms with Crippen LogP contribution < -0.4 is 0 Å². The molecule has 0 radical (unpaired) electrons. The molecule has 0 spiro atoms. The highest BCUT2D eigenvalue weighted by Crippen LogP contribution is 2.31. The first-order valence-electron chi connectivity index (χ1n) is 10.3. The number of aromatic nitrogens is 2. The Balaban J connectivity index is 1.77. The molecule has 2 aromatic heterocycles. The first-order chi connectivity index (χ1) is 14.4. The number of fused-ring (bicyclic) bond motifs is 1. The molecular weight excluding hydrogens is 440 g/mol. The van der Waals surface area contributed by atoms with Gasteiger partial charge in [0.2, 0.25) is 0 Å². The highest BCUT2D eigenvalue weighted by atomic mass is 79.9. The minimum atomic E-state index is 0.112. The number of halogens is 1. The second-order valence-electron chi connectivity index (χ2n) is 8.54.